The van der Waals surface area contributed by atoms with E-state index in [9.17, 15) is 4.79 Å². The van der Waals surface area contributed by atoms with E-state index in [1.807, 2.05) is 23.3 Å². The smallest absolute Gasteiger partial charge is 0.243 e. The van der Waals surface area contributed by atoms with Gasteiger partial charge in [-0.1, -0.05) is 19.8 Å². The van der Waals surface area contributed by atoms with E-state index in [0.717, 1.165) is 6.54 Å². The number of nitrogens with zero attached hydrogens (tertiary/aromatic N) is 2. The second-order valence-electron chi connectivity index (χ2n) is 4.17. The van der Waals surface area contributed by atoms with Crippen molar-refractivity contribution in [2.24, 2.45) is 5.73 Å². The molecule has 1 heterocycles. The first-order valence-corrected chi connectivity index (χ1v) is 6.05. The maximum Gasteiger partial charge on any atom is 0.243 e. The summed E-state index contributed by atoms with van der Waals surface area (Å²) in [6.45, 7) is 3.95. The van der Waals surface area contributed by atoms with Crippen LogP contribution in [0.2, 0.25) is 0 Å². The molecule has 0 aliphatic heterocycles. The van der Waals surface area contributed by atoms with Gasteiger partial charge in [-0.3, -0.25) is 4.79 Å². The molecule has 0 aliphatic rings. The van der Waals surface area contributed by atoms with Crippen LogP contribution in [0.1, 0.15) is 39.0 Å². The summed E-state index contributed by atoms with van der Waals surface area (Å²) in [6.07, 6.45) is 11.6. The van der Waals surface area contributed by atoms with Gasteiger partial charge in [0.1, 0.15) is 12.4 Å². The third kappa shape index (κ3) is 4.96. The second kappa shape index (κ2) is 7.04. The van der Waals surface area contributed by atoms with Crippen molar-refractivity contribution in [2.45, 2.75) is 52.1 Å². The normalized spacial score (nSPS) is 10.6. The molecule has 0 atom stereocenters. The van der Waals surface area contributed by atoms with Crippen molar-refractivity contribution in [3.8, 4) is 0 Å². The molecule has 16 heavy (non-hydrogen) atoms. The number of carbonyl (C=O) groups is 1. The van der Waals surface area contributed by atoms with Crippen molar-refractivity contribution >= 4 is 5.91 Å². The van der Waals surface area contributed by atoms with Crippen LogP contribution in [0.5, 0.6) is 0 Å². The number of hydrogen-bond acceptors (Lipinski definition) is 1. The van der Waals surface area contributed by atoms with Crippen molar-refractivity contribution in [3.63, 3.8) is 0 Å². The number of aromatic nitrogens is 2. The lowest BCUT2D eigenvalue weighted by atomic mass is 10.2. The fourth-order valence-corrected chi connectivity index (χ4v) is 1.66. The lowest BCUT2D eigenvalue weighted by Crippen LogP contribution is -2.31. The predicted molar refractivity (Wildman–Crippen MR) is 62.6 cm³/mol. The number of primary amides is 1. The highest BCUT2D eigenvalue weighted by molar-refractivity contribution is 5.73. The highest BCUT2D eigenvalue weighted by atomic mass is 16.1. The SMILES string of the molecule is CCCCCC[n+]1ccn(CCC(N)=O)c1. The number of hydrogen-bond donors (Lipinski definition) is 1. The third-order valence-corrected chi connectivity index (χ3v) is 2.63. The Morgan fingerprint density at radius 2 is 2.19 bits per heavy atom. The maximum absolute atomic E-state index is 10.6. The Morgan fingerprint density at radius 3 is 2.88 bits per heavy atom. The highest BCUT2D eigenvalue weighted by Crippen LogP contribution is 1.98. The van der Waals surface area contributed by atoms with Crippen molar-refractivity contribution < 1.29 is 9.36 Å². The standard InChI is InChI=1S/C12H21N3O/c1-2-3-4-5-7-14-9-10-15(11-14)8-6-12(13)16/h9-11H,2-8H2,1H3,(H-,13,16)/p+1. The van der Waals surface area contributed by atoms with E-state index in [0.29, 0.717) is 13.0 Å². The molecule has 0 aromatic carbocycles. The van der Waals surface area contributed by atoms with Gasteiger partial charge in [-0.15, -0.1) is 0 Å². The average molecular weight is 224 g/mol. The molecule has 4 nitrogen and oxygen atoms in total. The molecule has 0 fully saturated rings. The number of nitrogens with two attached hydrogens (primary N) is 1. The van der Waals surface area contributed by atoms with Crippen molar-refractivity contribution in [2.75, 3.05) is 0 Å². The summed E-state index contributed by atoms with van der Waals surface area (Å²) in [6, 6.07) is 0. The minimum Gasteiger partial charge on any atom is -0.370 e. The van der Waals surface area contributed by atoms with Gasteiger partial charge in [0, 0.05) is 0 Å². The topological polar surface area (TPSA) is 51.9 Å². The molecule has 1 aromatic heterocycles. The first-order valence-electron chi connectivity index (χ1n) is 6.05. The van der Waals surface area contributed by atoms with Crippen LogP contribution in [-0.2, 0) is 17.9 Å². The van der Waals surface area contributed by atoms with Crippen molar-refractivity contribution in [1.29, 1.82) is 0 Å². The second-order valence-corrected chi connectivity index (χ2v) is 4.17. The molecule has 0 saturated carbocycles. The minimum absolute atomic E-state index is 0.247. The zero-order chi connectivity index (χ0) is 11.8. The molecule has 4 heteroatoms. The van der Waals surface area contributed by atoms with Gasteiger partial charge in [0.15, 0.2) is 0 Å². The molecule has 0 bridgehead atoms. The highest BCUT2D eigenvalue weighted by Gasteiger charge is 2.04. The quantitative estimate of drug-likeness (QED) is 0.524. The summed E-state index contributed by atoms with van der Waals surface area (Å²) in [5.74, 6) is -0.247. The summed E-state index contributed by atoms with van der Waals surface area (Å²) in [5.41, 5.74) is 5.10. The van der Waals surface area contributed by atoms with E-state index in [1.165, 1.54) is 25.7 Å². The summed E-state index contributed by atoms with van der Waals surface area (Å²) >= 11 is 0. The fraction of sp³-hybridized carbons (Fsp3) is 0.667. The number of unbranched alkanes of at least 4 members (excludes halogenated alkanes) is 3. The van der Waals surface area contributed by atoms with Crippen LogP contribution in [0.4, 0.5) is 0 Å². The van der Waals surface area contributed by atoms with Gasteiger partial charge in [-0.05, 0) is 12.8 Å². The molecule has 0 spiro atoms. The molecule has 1 aromatic rings. The molecular formula is C12H22N3O+. The molecule has 0 radical (unpaired) electrons. The third-order valence-electron chi connectivity index (χ3n) is 2.63. The molecule has 0 unspecified atom stereocenters. The maximum atomic E-state index is 10.6. The van der Waals surface area contributed by atoms with Crippen LogP contribution in [0.15, 0.2) is 18.7 Å². The number of carbonyl (C=O) groups excluding carboxylic acids is 1. The number of aryl methyl sites for hydroxylation is 2. The molecule has 2 N–H and O–H groups in total. The number of rotatable bonds is 8. The molecule has 90 valence electrons. The van der Waals surface area contributed by atoms with Gasteiger partial charge in [0.25, 0.3) is 0 Å². The summed E-state index contributed by atoms with van der Waals surface area (Å²) in [5, 5.41) is 0. The van der Waals surface area contributed by atoms with E-state index in [-0.39, 0.29) is 5.91 Å². The van der Waals surface area contributed by atoms with E-state index >= 15 is 0 Å². The lowest BCUT2D eigenvalue weighted by Gasteiger charge is -1.96. The average Bonchev–Trinajstić information content (AvgIpc) is 2.70. The Bertz CT molecular complexity index is 320. The van der Waals surface area contributed by atoms with Gasteiger partial charge in [0.2, 0.25) is 12.2 Å². The molecule has 0 saturated heterocycles. The molecule has 1 amide bonds. The van der Waals surface area contributed by atoms with Crippen LogP contribution in [0, 0.1) is 0 Å². The van der Waals surface area contributed by atoms with E-state index in [4.69, 9.17) is 5.73 Å². The summed E-state index contributed by atoms with van der Waals surface area (Å²) in [7, 11) is 0. The lowest BCUT2D eigenvalue weighted by molar-refractivity contribution is -0.696. The Labute approximate surface area is 97.1 Å². The number of imidazole rings is 1. The number of amides is 1. The van der Waals surface area contributed by atoms with Crippen LogP contribution in [-0.4, -0.2) is 10.5 Å². The first kappa shape index (κ1) is 12.7. The van der Waals surface area contributed by atoms with Crippen molar-refractivity contribution in [3.05, 3.63) is 18.7 Å². The predicted octanol–water partition coefficient (Wildman–Crippen LogP) is 1.23. The van der Waals surface area contributed by atoms with E-state index in [1.54, 1.807) is 0 Å². The van der Waals surface area contributed by atoms with Gasteiger partial charge in [-0.2, -0.15) is 0 Å². The largest absolute Gasteiger partial charge is 0.370 e. The monoisotopic (exact) mass is 224 g/mol. The van der Waals surface area contributed by atoms with Crippen LogP contribution in [0.25, 0.3) is 0 Å². The Balaban J connectivity index is 2.25. The van der Waals surface area contributed by atoms with Crippen LogP contribution in [0.3, 0.4) is 0 Å². The van der Waals surface area contributed by atoms with Gasteiger partial charge in [0.05, 0.1) is 19.5 Å². The van der Waals surface area contributed by atoms with Gasteiger partial charge < -0.3 is 5.73 Å². The van der Waals surface area contributed by atoms with Crippen molar-refractivity contribution in [1.82, 2.24) is 4.57 Å². The zero-order valence-electron chi connectivity index (χ0n) is 10.1. The molecule has 1 rings (SSSR count). The minimum atomic E-state index is -0.247. The van der Waals surface area contributed by atoms with Gasteiger partial charge >= 0.3 is 0 Å². The first-order chi connectivity index (χ1) is 7.72. The summed E-state index contributed by atoms with van der Waals surface area (Å²) in [4.78, 5) is 10.6. The molecular weight excluding hydrogens is 202 g/mol. The zero-order valence-corrected chi connectivity index (χ0v) is 10.1. The fourth-order valence-electron chi connectivity index (χ4n) is 1.66. The van der Waals surface area contributed by atoms with E-state index < -0.39 is 0 Å². The Morgan fingerprint density at radius 1 is 1.38 bits per heavy atom. The Hall–Kier alpha value is -1.32. The Kier molecular flexibility index (Phi) is 5.61. The van der Waals surface area contributed by atoms with Gasteiger partial charge in [-0.25, -0.2) is 9.13 Å². The van der Waals surface area contributed by atoms with Crippen LogP contribution >= 0.6 is 0 Å². The van der Waals surface area contributed by atoms with Crippen LogP contribution < -0.4 is 10.3 Å². The molecule has 0 aliphatic carbocycles. The summed E-state index contributed by atoms with van der Waals surface area (Å²) < 4.78 is 4.17. The van der Waals surface area contributed by atoms with E-state index in [2.05, 4.69) is 11.5 Å².